The largest absolute Gasteiger partial charge is 0.344 e. The third kappa shape index (κ3) is 1.30. The molecule has 2 aromatic heterocycles. The lowest BCUT2D eigenvalue weighted by Gasteiger charge is -2.00. The van der Waals surface area contributed by atoms with E-state index in [0.717, 1.165) is 0 Å². The van der Waals surface area contributed by atoms with E-state index in [9.17, 15) is 0 Å². The van der Waals surface area contributed by atoms with Crippen molar-refractivity contribution in [3.63, 3.8) is 0 Å². The molecule has 106 valence electrons. The molecular formula is C20H16N2. The van der Waals surface area contributed by atoms with Gasteiger partial charge in [-0.2, -0.15) is 0 Å². The molecule has 2 heterocycles. The molecule has 0 N–H and O–H groups in total. The number of fused-ring (bicyclic) bond motifs is 6. The van der Waals surface area contributed by atoms with Crippen LogP contribution in [0.5, 0.6) is 0 Å². The Hall–Kier alpha value is -2.74. The van der Waals surface area contributed by atoms with Gasteiger partial charge in [-0.05, 0) is 24.3 Å². The summed E-state index contributed by atoms with van der Waals surface area (Å²) in [7, 11) is 4.31. The Bertz CT molecular complexity index is 1090. The highest BCUT2D eigenvalue weighted by atomic mass is 15.0. The SMILES string of the molecule is Cn1c2ccccc2c2cc3c(cc21)c1ccccc1n3C. The molecule has 0 bridgehead atoms. The van der Waals surface area contributed by atoms with Crippen molar-refractivity contribution >= 4 is 43.6 Å². The van der Waals surface area contributed by atoms with E-state index in [1.54, 1.807) is 0 Å². The van der Waals surface area contributed by atoms with E-state index in [-0.39, 0.29) is 0 Å². The van der Waals surface area contributed by atoms with Gasteiger partial charge in [0.2, 0.25) is 0 Å². The Balaban J connectivity index is 2.10. The maximum Gasteiger partial charge on any atom is 0.0496 e. The number of rotatable bonds is 0. The monoisotopic (exact) mass is 284 g/mol. The number of aromatic nitrogens is 2. The van der Waals surface area contributed by atoms with Gasteiger partial charge in [-0.1, -0.05) is 36.4 Å². The third-order valence-corrected chi connectivity index (χ3v) is 4.95. The van der Waals surface area contributed by atoms with Crippen molar-refractivity contribution in [3.8, 4) is 0 Å². The topological polar surface area (TPSA) is 9.86 Å². The van der Waals surface area contributed by atoms with Crippen LogP contribution in [0.15, 0.2) is 60.7 Å². The quantitative estimate of drug-likeness (QED) is 0.380. The van der Waals surface area contributed by atoms with Crippen molar-refractivity contribution in [1.82, 2.24) is 9.13 Å². The summed E-state index contributed by atoms with van der Waals surface area (Å²) in [6.45, 7) is 0. The number of para-hydroxylation sites is 2. The summed E-state index contributed by atoms with van der Waals surface area (Å²) < 4.78 is 4.60. The second kappa shape index (κ2) is 3.92. The van der Waals surface area contributed by atoms with Crippen LogP contribution in [0.25, 0.3) is 43.6 Å². The summed E-state index contributed by atoms with van der Waals surface area (Å²) in [4.78, 5) is 0. The van der Waals surface area contributed by atoms with Gasteiger partial charge < -0.3 is 9.13 Å². The Morgan fingerprint density at radius 1 is 0.500 bits per heavy atom. The Morgan fingerprint density at radius 2 is 0.909 bits per heavy atom. The molecule has 0 amide bonds. The first-order chi connectivity index (χ1) is 10.8. The molecule has 0 saturated heterocycles. The summed E-state index contributed by atoms with van der Waals surface area (Å²) >= 11 is 0. The van der Waals surface area contributed by atoms with Crippen LogP contribution in [0.2, 0.25) is 0 Å². The maximum atomic E-state index is 2.34. The molecule has 0 aliphatic heterocycles. The Kier molecular flexibility index (Phi) is 2.11. The predicted molar refractivity (Wildman–Crippen MR) is 94.4 cm³/mol. The first kappa shape index (κ1) is 11.9. The third-order valence-electron chi connectivity index (χ3n) is 4.95. The van der Waals surface area contributed by atoms with Crippen LogP contribution in [-0.2, 0) is 14.1 Å². The minimum Gasteiger partial charge on any atom is -0.344 e. The van der Waals surface area contributed by atoms with E-state index < -0.39 is 0 Å². The van der Waals surface area contributed by atoms with Gasteiger partial charge in [-0.15, -0.1) is 0 Å². The first-order valence-electron chi connectivity index (χ1n) is 7.60. The van der Waals surface area contributed by atoms with E-state index in [0.29, 0.717) is 0 Å². The highest BCUT2D eigenvalue weighted by Crippen LogP contribution is 2.35. The zero-order chi connectivity index (χ0) is 14.8. The zero-order valence-electron chi connectivity index (χ0n) is 12.7. The molecule has 0 aliphatic carbocycles. The lowest BCUT2D eigenvalue weighted by atomic mass is 10.1. The van der Waals surface area contributed by atoms with Crippen molar-refractivity contribution < 1.29 is 0 Å². The minimum atomic E-state index is 1.29. The van der Waals surface area contributed by atoms with E-state index in [4.69, 9.17) is 0 Å². The molecule has 2 heteroatoms. The molecule has 0 unspecified atom stereocenters. The Labute approximate surface area is 128 Å². The van der Waals surface area contributed by atoms with Crippen LogP contribution >= 0.6 is 0 Å². The second-order valence-electron chi connectivity index (χ2n) is 6.04. The summed E-state index contributed by atoms with van der Waals surface area (Å²) in [6, 6.07) is 21.9. The molecule has 0 aliphatic rings. The van der Waals surface area contributed by atoms with Crippen LogP contribution in [0.4, 0.5) is 0 Å². The standard InChI is InChI=1S/C20H16N2/c1-21-17-9-5-3-7-13(17)15-12-20-16(11-19(15)21)14-8-4-6-10-18(14)22(20)2/h3-12H,1-2H3. The lowest BCUT2D eigenvalue weighted by molar-refractivity contribution is 1.01. The molecule has 5 rings (SSSR count). The van der Waals surface area contributed by atoms with Gasteiger partial charge in [0, 0.05) is 57.7 Å². The lowest BCUT2D eigenvalue weighted by Crippen LogP contribution is -1.87. The van der Waals surface area contributed by atoms with Crippen LogP contribution < -0.4 is 0 Å². The molecule has 5 aromatic rings. The van der Waals surface area contributed by atoms with Crippen LogP contribution in [0, 0.1) is 0 Å². The van der Waals surface area contributed by atoms with E-state index in [1.165, 1.54) is 43.6 Å². The predicted octanol–water partition coefficient (Wildman–Crippen LogP) is 4.98. The number of hydrogen-bond acceptors (Lipinski definition) is 0. The van der Waals surface area contributed by atoms with Gasteiger partial charge >= 0.3 is 0 Å². The van der Waals surface area contributed by atoms with Crippen molar-refractivity contribution in [2.24, 2.45) is 14.1 Å². The summed E-state index contributed by atoms with van der Waals surface area (Å²) in [5.74, 6) is 0. The summed E-state index contributed by atoms with van der Waals surface area (Å²) in [5.41, 5.74) is 5.17. The van der Waals surface area contributed by atoms with Crippen molar-refractivity contribution in [2.75, 3.05) is 0 Å². The minimum absolute atomic E-state index is 1.29. The normalized spacial score (nSPS) is 12.1. The summed E-state index contributed by atoms with van der Waals surface area (Å²) in [6.07, 6.45) is 0. The van der Waals surface area contributed by atoms with Crippen molar-refractivity contribution in [1.29, 1.82) is 0 Å². The van der Waals surface area contributed by atoms with Crippen molar-refractivity contribution in [3.05, 3.63) is 60.7 Å². The van der Waals surface area contributed by atoms with Gasteiger partial charge in [0.25, 0.3) is 0 Å². The Morgan fingerprint density at radius 3 is 1.36 bits per heavy atom. The van der Waals surface area contributed by atoms with Gasteiger partial charge in [-0.3, -0.25) is 0 Å². The molecule has 0 saturated carbocycles. The molecule has 3 aromatic carbocycles. The van der Waals surface area contributed by atoms with Gasteiger partial charge in [0.05, 0.1) is 0 Å². The van der Waals surface area contributed by atoms with Crippen molar-refractivity contribution in [2.45, 2.75) is 0 Å². The average molecular weight is 284 g/mol. The smallest absolute Gasteiger partial charge is 0.0496 e. The number of aryl methyl sites for hydroxylation is 2. The fraction of sp³-hybridized carbons (Fsp3) is 0.100. The number of hydrogen-bond donors (Lipinski definition) is 0. The second-order valence-corrected chi connectivity index (χ2v) is 6.04. The molecule has 2 nitrogen and oxygen atoms in total. The fourth-order valence-corrected chi connectivity index (χ4v) is 3.81. The molecule has 0 spiro atoms. The van der Waals surface area contributed by atoms with Gasteiger partial charge in [0.15, 0.2) is 0 Å². The first-order valence-corrected chi connectivity index (χ1v) is 7.60. The van der Waals surface area contributed by atoms with E-state index >= 15 is 0 Å². The fourth-order valence-electron chi connectivity index (χ4n) is 3.81. The highest BCUT2D eigenvalue weighted by Gasteiger charge is 2.13. The number of benzene rings is 3. The molecule has 22 heavy (non-hydrogen) atoms. The van der Waals surface area contributed by atoms with Gasteiger partial charge in [0.1, 0.15) is 0 Å². The molecule has 0 radical (unpaired) electrons. The molecule has 0 atom stereocenters. The number of nitrogens with zero attached hydrogens (tertiary/aromatic N) is 2. The maximum absolute atomic E-state index is 2.34. The van der Waals surface area contributed by atoms with E-state index in [1.807, 2.05) is 0 Å². The van der Waals surface area contributed by atoms with E-state index in [2.05, 4.69) is 83.9 Å². The van der Waals surface area contributed by atoms with Crippen LogP contribution in [0.3, 0.4) is 0 Å². The van der Waals surface area contributed by atoms with Crippen LogP contribution in [0.1, 0.15) is 0 Å². The summed E-state index contributed by atoms with van der Waals surface area (Å²) in [5, 5.41) is 5.31. The molecular weight excluding hydrogens is 268 g/mol. The van der Waals surface area contributed by atoms with Gasteiger partial charge in [-0.25, -0.2) is 0 Å². The molecule has 0 fully saturated rings. The highest BCUT2D eigenvalue weighted by molar-refractivity contribution is 6.17. The zero-order valence-corrected chi connectivity index (χ0v) is 12.7. The van der Waals surface area contributed by atoms with Crippen LogP contribution in [-0.4, -0.2) is 9.13 Å². The average Bonchev–Trinajstić information content (AvgIpc) is 3.01.